The van der Waals surface area contributed by atoms with Crippen molar-refractivity contribution < 1.29 is 27.9 Å². The van der Waals surface area contributed by atoms with Crippen LogP contribution in [0.5, 0.6) is 0 Å². The zero-order chi connectivity index (χ0) is 16.0. The number of nitrogens with one attached hydrogen (secondary N) is 2. The predicted molar refractivity (Wildman–Crippen MR) is 75.3 cm³/mol. The highest BCUT2D eigenvalue weighted by Crippen LogP contribution is 2.16. The predicted octanol–water partition coefficient (Wildman–Crippen LogP) is -1.29. The lowest BCUT2D eigenvalue weighted by atomic mass is 10.3. The van der Waals surface area contributed by atoms with Crippen LogP contribution in [0.25, 0.3) is 0 Å². The first-order valence-corrected chi connectivity index (χ1v) is 8.43. The second-order valence-corrected chi connectivity index (χ2v) is 6.64. The fraction of sp³-hybridized carbons (Fsp3) is 0.500. The second-order valence-electron chi connectivity index (χ2n) is 4.04. The van der Waals surface area contributed by atoms with Gasteiger partial charge in [0.2, 0.25) is 15.9 Å². The number of esters is 1. The van der Waals surface area contributed by atoms with Gasteiger partial charge < -0.3 is 15.2 Å². The molecule has 1 aromatic rings. The summed E-state index contributed by atoms with van der Waals surface area (Å²) in [7, 11) is -2.29. The summed E-state index contributed by atoms with van der Waals surface area (Å²) in [5, 5.41) is 13.3. The molecule has 0 bridgehead atoms. The number of aliphatic hydroxyl groups excluding tert-OH is 1. The Morgan fingerprint density at radius 3 is 2.76 bits per heavy atom. The molecule has 0 fully saturated rings. The molecule has 0 aliphatic rings. The number of anilines is 1. The van der Waals surface area contributed by atoms with Gasteiger partial charge >= 0.3 is 5.97 Å². The molecule has 3 N–H and O–H groups in total. The molecule has 1 atom stereocenters. The van der Waals surface area contributed by atoms with Crippen molar-refractivity contribution in [2.24, 2.45) is 0 Å². The summed E-state index contributed by atoms with van der Waals surface area (Å²) < 4.78 is 28.5. The third kappa shape index (κ3) is 6.51. The maximum absolute atomic E-state index is 11.6. The van der Waals surface area contributed by atoms with Crippen LogP contribution in [0.1, 0.15) is 5.69 Å². The molecule has 0 aliphatic carbocycles. The molecule has 0 aliphatic heterocycles. The first kappa shape index (κ1) is 17.3. The van der Waals surface area contributed by atoms with Crippen LogP contribution in [-0.4, -0.2) is 56.4 Å². The van der Waals surface area contributed by atoms with Gasteiger partial charge in [-0.05, 0) is 0 Å². The van der Waals surface area contributed by atoms with E-state index >= 15 is 0 Å². The molecule has 0 radical (unpaired) electrons. The third-order valence-electron chi connectivity index (χ3n) is 2.13. The normalized spacial score (nSPS) is 12.5. The van der Waals surface area contributed by atoms with Crippen LogP contribution in [0.4, 0.5) is 5.13 Å². The van der Waals surface area contributed by atoms with E-state index < -0.39 is 28.0 Å². The van der Waals surface area contributed by atoms with E-state index in [0.717, 1.165) is 24.7 Å². The SMILES string of the molecule is COC(=O)C(O)CNC(=O)Cc1csc(NS(C)(=O)=O)n1. The number of methoxy groups -OCH3 is 1. The maximum atomic E-state index is 11.6. The van der Waals surface area contributed by atoms with Crippen LogP contribution in [0, 0.1) is 0 Å². The van der Waals surface area contributed by atoms with Crippen molar-refractivity contribution in [3.05, 3.63) is 11.1 Å². The second kappa shape index (κ2) is 7.33. The highest BCUT2D eigenvalue weighted by Gasteiger charge is 2.17. The van der Waals surface area contributed by atoms with E-state index in [2.05, 4.69) is 19.8 Å². The standard InChI is InChI=1S/C10H15N3O6S2/c1-19-9(16)7(14)4-11-8(15)3-6-5-20-10(12-6)13-21(2,17)18/h5,7,14H,3-4H2,1-2H3,(H,11,15)(H,12,13). The smallest absolute Gasteiger partial charge is 0.336 e. The minimum absolute atomic E-state index is 0.101. The van der Waals surface area contributed by atoms with Crippen molar-refractivity contribution in [2.45, 2.75) is 12.5 Å². The number of sulfonamides is 1. The van der Waals surface area contributed by atoms with Crippen molar-refractivity contribution in [1.29, 1.82) is 0 Å². The van der Waals surface area contributed by atoms with E-state index in [1.54, 1.807) is 0 Å². The first-order chi connectivity index (χ1) is 9.71. The van der Waals surface area contributed by atoms with Crippen LogP contribution in [0.15, 0.2) is 5.38 Å². The number of aromatic nitrogens is 1. The van der Waals surface area contributed by atoms with Crippen molar-refractivity contribution in [3.8, 4) is 0 Å². The van der Waals surface area contributed by atoms with E-state index in [0.29, 0.717) is 5.69 Å². The van der Waals surface area contributed by atoms with Gasteiger partial charge in [0.15, 0.2) is 11.2 Å². The number of hydrogen-bond donors (Lipinski definition) is 3. The molecule has 11 heteroatoms. The number of amides is 1. The highest BCUT2D eigenvalue weighted by atomic mass is 32.2. The number of aliphatic hydroxyl groups is 1. The van der Waals surface area contributed by atoms with Crippen LogP contribution in [0.3, 0.4) is 0 Å². The van der Waals surface area contributed by atoms with Crippen molar-refractivity contribution in [3.63, 3.8) is 0 Å². The number of nitrogens with zero attached hydrogens (tertiary/aromatic N) is 1. The Morgan fingerprint density at radius 2 is 2.19 bits per heavy atom. The Bertz CT molecular complexity index is 612. The summed E-state index contributed by atoms with van der Waals surface area (Å²) >= 11 is 1.05. The van der Waals surface area contributed by atoms with Gasteiger partial charge in [-0.1, -0.05) is 0 Å². The molecule has 0 saturated carbocycles. The fourth-order valence-electron chi connectivity index (χ4n) is 1.25. The molecule has 1 aromatic heterocycles. The zero-order valence-electron chi connectivity index (χ0n) is 11.3. The van der Waals surface area contributed by atoms with Gasteiger partial charge in [-0.2, -0.15) is 0 Å². The maximum Gasteiger partial charge on any atom is 0.336 e. The summed E-state index contributed by atoms with van der Waals surface area (Å²) in [6, 6.07) is 0. The monoisotopic (exact) mass is 337 g/mol. The Kier molecular flexibility index (Phi) is 6.05. The average Bonchev–Trinajstić information content (AvgIpc) is 2.79. The number of carbonyl (C=O) groups excluding carboxylic acids is 2. The van der Waals surface area contributed by atoms with Crippen LogP contribution in [-0.2, 0) is 30.8 Å². The minimum atomic E-state index is -3.41. The van der Waals surface area contributed by atoms with E-state index in [1.807, 2.05) is 0 Å². The molecule has 21 heavy (non-hydrogen) atoms. The largest absolute Gasteiger partial charge is 0.467 e. The number of thiazole rings is 1. The summed E-state index contributed by atoms with van der Waals surface area (Å²) in [6.07, 6.45) is -0.540. The van der Waals surface area contributed by atoms with Crippen molar-refractivity contribution in [1.82, 2.24) is 10.3 Å². The van der Waals surface area contributed by atoms with Gasteiger partial charge in [-0.3, -0.25) is 9.52 Å². The number of ether oxygens (including phenoxy) is 1. The van der Waals surface area contributed by atoms with Gasteiger partial charge in [0, 0.05) is 5.38 Å². The molecule has 0 spiro atoms. The molecule has 1 unspecified atom stereocenters. The molecule has 0 aromatic carbocycles. The number of hydrogen-bond acceptors (Lipinski definition) is 8. The molecule has 118 valence electrons. The van der Waals surface area contributed by atoms with Crippen molar-refractivity contribution in [2.75, 3.05) is 24.6 Å². The third-order valence-corrected chi connectivity index (χ3v) is 3.63. The van der Waals surface area contributed by atoms with Gasteiger partial charge in [0.25, 0.3) is 0 Å². The molecule has 1 amide bonds. The Hall–Kier alpha value is -1.72. The van der Waals surface area contributed by atoms with E-state index in [9.17, 15) is 23.1 Å². The summed E-state index contributed by atoms with van der Waals surface area (Å²) in [4.78, 5) is 26.4. The molecular weight excluding hydrogens is 322 g/mol. The van der Waals surface area contributed by atoms with E-state index in [1.165, 1.54) is 5.38 Å². The van der Waals surface area contributed by atoms with Gasteiger partial charge in [-0.25, -0.2) is 18.2 Å². The lowest BCUT2D eigenvalue weighted by molar-refractivity contribution is -0.150. The van der Waals surface area contributed by atoms with Crippen LogP contribution < -0.4 is 10.0 Å². The number of carbonyl (C=O) groups is 2. The molecule has 9 nitrogen and oxygen atoms in total. The number of rotatable bonds is 7. The lowest BCUT2D eigenvalue weighted by Crippen LogP contribution is -2.37. The van der Waals surface area contributed by atoms with Crippen LogP contribution in [0.2, 0.25) is 0 Å². The topological polar surface area (TPSA) is 135 Å². The molecular formula is C10H15N3O6S2. The Morgan fingerprint density at radius 1 is 1.52 bits per heavy atom. The summed E-state index contributed by atoms with van der Waals surface area (Å²) in [5.41, 5.74) is 0.371. The van der Waals surface area contributed by atoms with Gasteiger partial charge in [0.05, 0.1) is 32.0 Å². The average molecular weight is 337 g/mol. The molecule has 0 saturated heterocycles. The van der Waals surface area contributed by atoms with E-state index in [-0.39, 0.29) is 18.1 Å². The van der Waals surface area contributed by atoms with Crippen molar-refractivity contribution >= 4 is 38.4 Å². The fourth-order valence-corrected chi connectivity index (χ4v) is 2.81. The molecule has 1 heterocycles. The minimum Gasteiger partial charge on any atom is -0.467 e. The lowest BCUT2D eigenvalue weighted by Gasteiger charge is -2.09. The zero-order valence-corrected chi connectivity index (χ0v) is 13.0. The Balaban J connectivity index is 2.47. The highest BCUT2D eigenvalue weighted by molar-refractivity contribution is 7.92. The Labute approximate surface area is 125 Å². The van der Waals surface area contributed by atoms with Crippen LogP contribution >= 0.6 is 11.3 Å². The quantitative estimate of drug-likeness (QED) is 0.527. The first-order valence-electron chi connectivity index (χ1n) is 5.66. The van der Waals surface area contributed by atoms with E-state index in [4.69, 9.17) is 0 Å². The molecule has 1 rings (SSSR count). The summed E-state index contributed by atoms with van der Waals surface area (Å²) in [5.74, 6) is -1.31. The van der Waals surface area contributed by atoms with Gasteiger partial charge in [0.1, 0.15) is 0 Å². The summed E-state index contributed by atoms with van der Waals surface area (Å²) in [6.45, 7) is -0.274. The van der Waals surface area contributed by atoms with Gasteiger partial charge in [-0.15, -0.1) is 11.3 Å².